The van der Waals surface area contributed by atoms with E-state index in [1.54, 1.807) is 0 Å². The van der Waals surface area contributed by atoms with Crippen LogP contribution in [0.15, 0.2) is 205 Å². The van der Waals surface area contributed by atoms with Crippen molar-refractivity contribution in [1.29, 1.82) is 0 Å². The molecule has 4 aliphatic rings. The molecule has 11 aromatic rings. The van der Waals surface area contributed by atoms with Crippen LogP contribution in [0.3, 0.4) is 0 Å². The molecule has 1 aromatic heterocycles. The normalized spacial score (nSPS) is 14.3. The first kappa shape index (κ1) is 52.5. The first-order valence-corrected chi connectivity index (χ1v) is 29.9. The molecule has 8 nitrogen and oxygen atoms in total. The lowest BCUT2D eigenvalue weighted by molar-refractivity contribution is 0.172. The molecule has 0 aliphatic carbocycles. The molecule has 0 unspecified atom stereocenters. The monoisotopic (exact) mass is 1110 g/mol. The molecule has 0 spiro atoms. The van der Waals surface area contributed by atoms with E-state index in [4.69, 9.17) is 23.4 Å². The number of anilines is 9. The average molecular weight is 1110 g/mol. The summed E-state index contributed by atoms with van der Waals surface area (Å²) in [6.07, 6.45) is 0. The summed E-state index contributed by atoms with van der Waals surface area (Å²) >= 11 is 0. The fourth-order valence-corrected chi connectivity index (χ4v) is 13.1. The van der Waals surface area contributed by atoms with Crippen LogP contribution >= 0.6 is 0 Å². The highest BCUT2D eigenvalue weighted by molar-refractivity contribution is 7.00. The van der Waals surface area contributed by atoms with E-state index in [-0.39, 0.29) is 23.0 Å². The van der Waals surface area contributed by atoms with Crippen LogP contribution in [0.1, 0.15) is 79.0 Å². The quantitative estimate of drug-likeness (QED) is 0.146. The third-order valence-electron chi connectivity index (χ3n) is 17.6. The summed E-state index contributed by atoms with van der Waals surface area (Å²) in [6.45, 7) is 22.4. The van der Waals surface area contributed by atoms with Crippen LogP contribution in [0.5, 0.6) is 23.0 Å². The molecular weight excluding hydrogens is 1050 g/mol. The second-order valence-electron chi connectivity index (χ2n) is 26.3. The standard InChI is InChI=1S/C76H68BN3O5/c1-74(2,3)53-25-32-57(33-26-53)78(58-31-24-48-40-51(21-20-49(48)41-58)70-44-50-14-10-11-17-67(50)85-70)56-29-22-47(23-30-56)52-42-65-71-66(43-52)80(64-16-13-19-69-73(64)84-39-37-82-69)62-35-28-55(76(7,8)9)46-60(62)77(71)59-45-54(75(4,5)6)27-34-61(59)79(65)63-15-12-18-68-72(63)83-38-36-81-68/h10-35,40-46H,36-39H2,1-9H3. The van der Waals surface area contributed by atoms with E-state index in [1.165, 1.54) is 33.1 Å². The Balaban J connectivity index is 0.934. The Hall–Kier alpha value is -9.34. The third-order valence-corrected chi connectivity index (χ3v) is 17.6. The second kappa shape index (κ2) is 19.6. The molecule has 0 radical (unpaired) electrons. The maximum Gasteiger partial charge on any atom is 0.252 e. The molecular formula is C76H68BN3O5. The van der Waals surface area contributed by atoms with Crippen molar-refractivity contribution in [2.75, 3.05) is 41.1 Å². The van der Waals surface area contributed by atoms with Crippen LogP contribution in [0.4, 0.5) is 51.2 Å². The van der Waals surface area contributed by atoms with Gasteiger partial charge in [-0.3, -0.25) is 0 Å². The molecule has 420 valence electrons. The van der Waals surface area contributed by atoms with Crippen molar-refractivity contribution in [3.05, 3.63) is 217 Å². The molecule has 0 saturated heterocycles. The summed E-state index contributed by atoms with van der Waals surface area (Å²) in [6, 6.07) is 73.6. The average Bonchev–Trinajstić information content (AvgIpc) is 1.02. The minimum absolute atomic E-state index is 0.00109. The summed E-state index contributed by atoms with van der Waals surface area (Å²) < 4.78 is 32.4. The lowest BCUT2D eigenvalue weighted by Crippen LogP contribution is -2.61. The number of rotatable bonds is 7. The molecule has 0 N–H and O–H groups in total. The van der Waals surface area contributed by atoms with Crippen molar-refractivity contribution in [3.8, 4) is 45.4 Å². The highest BCUT2D eigenvalue weighted by Gasteiger charge is 2.46. The van der Waals surface area contributed by atoms with Gasteiger partial charge >= 0.3 is 0 Å². The first-order chi connectivity index (χ1) is 41.0. The molecule has 4 aliphatic heterocycles. The summed E-state index contributed by atoms with van der Waals surface area (Å²) in [5.41, 5.74) is 20.8. The first-order valence-electron chi connectivity index (χ1n) is 29.9. The molecule has 0 fully saturated rings. The number of hydrogen-bond donors (Lipinski definition) is 0. The largest absolute Gasteiger partial charge is 0.486 e. The molecule has 15 rings (SSSR count). The van der Waals surface area contributed by atoms with Crippen LogP contribution in [0, 0.1) is 0 Å². The molecule has 10 aromatic carbocycles. The van der Waals surface area contributed by atoms with Crippen LogP contribution < -0.4 is 50.0 Å². The Labute approximate surface area is 498 Å². The molecule has 0 bridgehead atoms. The molecule has 85 heavy (non-hydrogen) atoms. The summed E-state index contributed by atoms with van der Waals surface area (Å²) in [4.78, 5) is 7.27. The van der Waals surface area contributed by atoms with Crippen LogP contribution in [0.25, 0.3) is 44.2 Å². The predicted molar refractivity (Wildman–Crippen MR) is 351 cm³/mol. The minimum atomic E-state index is -0.131. The second-order valence-corrected chi connectivity index (χ2v) is 26.3. The van der Waals surface area contributed by atoms with Crippen molar-refractivity contribution in [2.24, 2.45) is 0 Å². The molecule has 9 heteroatoms. The molecule has 0 saturated carbocycles. The van der Waals surface area contributed by atoms with Gasteiger partial charge in [0.1, 0.15) is 37.8 Å². The number of benzene rings is 10. The van der Waals surface area contributed by atoms with Gasteiger partial charge in [-0.05, 0) is 174 Å². The Morgan fingerprint density at radius 2 is 0.859 bits per heavy atom. The highest BCUT2D eigenvalue weighted by atomic mass is 16.6. The lowest BCUT2D eigenvalue weighted by atomic mass is 9.33. The van der Waals surface area contributed by atoms with Crippen molar-refractivity contribution in [1.82, 2.24) is 0 Å². The number of furan rings is 1. The van der Waals surface area contributed by atoms with Gasteiger partial charge in [-0.25, -0.2) is 0 Å². The molecule has 0 amide bonds. The van der Waals surface area contributed by atoms with Gasteiger partial charge in [-0.15, -0.1) is 0 Å². The van der Waals surface area contributed by atoms with E-state index in [9.17, 15) is 0 Å². The van der Waals surface area contributed by atoms with Gasteiger partial charge in [0, 0.05) is 50.8 Å². The van der Waals surface area contributed by atoms with E-state index in [2.05, 4.69) is 253 Å². The van der Waals surface area contributed by atoms with Crippen LogP contribution in [-0.2, 0) is 16.2 Å². The zero-order valence-corrected chi connectivity index (χ0v) is 49.8. The number of fused-ring (bicyclic) bond motifs is 8. The smallest absolute Gasteiger partial charge is 0.252 e. The Kier molecular flexibility index (Phi) is 12.1. The van der Waals surface area contributed by atoms with E-state index >= 15 is 0 Å². The van der Waals surface area contributed by atoms with Crippen molar-refractivity contribution in [3.63, 3.8) is 0 Å². The van der Waals surface area contributed by atoms with Gasteiger partial charge in [0.15, 0.2) is 23.0 Å². The van der Waals surface area contributed by atoms with Gasteiger partial charge in [0.05, 0.1) is 11.4 Å². The number of para-hydroxylation sites is 3. The predicted octanol–water partition coefficient (Wildman–Crippen LogP) is 17.9. The van der Waals surface area contributed by atoms with Crippen molar-refractivity contribution >= 4 is 96.0 Å². The SMILES string of the molecule is CC(C)(C)c1ccc(N(c2ccc(-c3cc4c5c(c3)N(c3cccc6c3OCCO6)c3ccc(C(C)(C)C)cc3B5c3cc(C(C)(C)C)ccc3N4c3cccc4c3OCCO4)cc2)c2ccc3cc(-c4cc5ccccc5o4)ccc3c2)cc1. The van der Waals surface area contributed by atoms with Crippen molar-refractivity contribution < 1.29 is 23.4 Å². The van der Waals surface area contributed by atoms with Crippen LogP contribution in [-0.4, -0.2) is 33.1 Å². The fraction of sp³-hybridized carbons (Fsp3) is 0.211. The van der Waals surface area contributed by atoms with E-state index in [0.717, 1.165) is 118 Å². The van der Waals surface area contributed by atoms with E-state index in [0.29, 0.717) is 26.4 Å². The Bertz CT molecular complexity index is 4280. The third kappa shape index (κ3) is 8.97. The zero-order chi connectivity index (χ0) is 58.1. The maximum atomic E-state index is 6.66. The van der Waals surface area contributed by atoms with Gasteiger partial charge < -0.3 is 38.1 Å². The summed E-state index contributed by atoms with van der Waals surface area (Å²) in [5, 5.41) is 3.38. The van der Waals surface area contributed by atoms with Gasteiger partial charge in [-0.1, -0.05) is 159 Å². The molecule has 0 atom stereocenters. The van der Waals surface area contributed by atoms with Gasteiger partial charge in [0.2, 0.25) is 0 Å². The summed E-state index contributed by atoms with van der Waals surface area (Å²) in [5.74, 6) is 3.82. The number of ether oxygens (including phenoxy) is 4. The van der Waals surface area contributed by atoms with E-state index < -0.39 is 0 Å². The molecule has 5 heterocycles. The van der Waals surface area contributed by atoms with Gasteiger partial charge in [-0.2, -0.15) is 0 Å². The lowest BCUT2D eigenvalue weighted by Gasteiger charge is -2.45. The topological polar surface area (TPSA) is 59.8 Å². The Morgan fingerprint density at radius 1 is 0.365 bits per heavy atom. The Morgan fingerprint density at radius 3 is 1.42 bits per heavy atom. The van der Waals surface area contributed by atoms with Crippen LogP contribution in [0.2, 0.25) is 0 Å². The van der Waals surface area contributed by atoms with Crippen molar-refractivity contribution in [2.45, 2.75) is 78.6 Å². The maximum absolute atomic E-state index is 6.66. The highest BCUT2D eigenvalue weighted by Crippen LogP contribution is 2.53. The minimum Gasteiger partial charge on any atom is -0.486 e. The van der Waals surface area contributed by atoms with E-state index in [1.807, 2.05) is 24.3 Å². The zero-order valence-electron chi connectivity index (χ0n) is 49.8. The van der Waals surface area contributed by atoms with Gasteiger partial charge in [0.25, 0.3) is 6.71 Å². The number of hydrogen-bond acceptors (Lipinski definition) is 8. The summed E-state index contributed by atoms with van der Waals surface area (Å²) in [7, 11) is 0. The number of nitrogens with zero attached hydrogens (tertiary/aromatic N) is 3. The fourth-order valence-electron chi connectivity index (χ4n) is 13.1.